The van der Waals surface area contributed by atoms with Crippen molar-refractivity contribution in [1.29, 1.82) is 0 Å². The Morgan fingerprint density at radius 2 is 2.11 bits per heavy atom. The largest absolute Gasteiger partial charge is 0.307 e. The van der Waals surface area contributed by atoms with Gasteiger partial charge in [-0.15, -0.1) is 11.3 Å². The lowest BCUT2D eigenvalue weighted by Crippen LogP contribution is -2.26. The van der Waals surface area contributed by atoms with Crippen LogP contribution < -0.4 is 5.56 Å². The monoisotopic (exact) mass is 275 g/mol. The summed E-state index contributed by atoms with van der Waals surface area (Å²) in [7, 11) is 0. The van der Waals surface area contributed by atoms with Crippen LogP contribution in [0.4, 0.5) is 0 Å². The molecular weight excluding hydrogens is 258 g/mol. The van der Waals surface area contributed by atoms with Gasteiger partial charge in [0.2, 0.25) is 0 Å². The fourth-order valence-corrected chi connectivity index (χ4v) is 2.78. The van der Waals surface area contributed by atoms with Crippen LogP contribution in [0.5, 0.6) is 0 Å². The van der Waals surface area contributed by atoms with Gasteiger partial charge < -0.3 is 4.57 Å². The average Bonchev–Trinajstić information content (AvgIpc) is 2.90. The molecule has 0 N–H and O–H groups in total. The Hall–Kier alpha value is -1.68. The zero-order chi connectivity index (χ0) is 13.8. The molecule has 0 spiro atoms. The van der Waals surface area contributed by atoms with Gasteiger partial charge in [0.25, 0.3) is 5.56 Å². The molecule has 0 saturated carbocycles. The van der Waals surface area contributed by atoms with E-state index >= 15 is 0 Å². The molecule has 2 aromatic heterocycles. The number of pyridine rings is 1. The number of ketones is 1. The van der Waals surface area contributed by atoms with Gasteiger partial charge in [-0.05, 0) is 36.9 Å². The fraction of sp³-hybridized carbons (Fsp3) is 0.333. The second kappa shape index (κ2) is 5.97. The lowest BCUT2D eigenvalue weighted by atomic mass is 10.1. The minimum absolute atomic E-state index is 0.173. The van der Waals surface area contributed by atoms with Crippen LogP contribution in [0.1, 0.15) is 37.0 Å². The minimum Gasteiger partial charge on any atom is -0.307 e. The van der Waals surface area contributed by atoms with E-state index in [1.165, 1.54) is 6.92 Å². The second-order valence-electron chi connectivity index (χ2n) is 4.48. The van der Waals surface area contributed by atoms with Gasteiger partial charge in [-0.1, -0.05) is 19.4 Å². The van der Waals surface area contributed by atoms with Crippen molar-refractivity contribution in [2.75, 3.05) is 0 Å². The smallest absolute Gasteiger partial charge is 0.261 e. The van der Waals surface area contributed by atoms with Crippen LogP contribution in [0.2, 0.25) is 0 Å². The zero-order valence-electron chi connectivity index (χ0n) is 11.2. The summed E-state index contributed by atoms with van der Waals surface area (Å²) in [6, 6.07) is 7.48. The molecule has 0 radical (unpaired) electrons. The molecule has 0 saturated heterocycles. The zero-order valence-corrected chi connectivity index (χ0v) is 12.0. The number of thiophene rings is 1. The predicted molar refractivity (Wildman–Crippen MR) is 78.9 cm³/mol. The summed E-state index contributed by atoms with van der Waals surface area (Å²) in [6.07, 6.45) is 1.94. The maximum Gasteiger partial charge on any atom is 0.261 e. The first-order chi connectivity index (χ1) is 9.15. The van der Waals surface area contributed by atoms with Gasteiger partial charge in [-0.2, -0.15) is 0 Å². The normalized spacial score (nSPS) is 10.6. The number of carbonyl (C=O) groups is 1. The highest BCUT2D eigenvalue weighted by molar-refractivity contribution is 7.13. The van der Waals surface area contributed by atoms with Gasteiger partial charge in [0.1, 0.15) is 0 Å². The van der Waals surface area contributed by atoms with Gasteiger partial charge in [-0.3, -0.25) is 9.59 Å². The Morgan fingerprint density at radius 1 is 1.32 bits per heavy atom. The quantitative estimate of drug-likeness (QED) is 0.782. The molecule has 3 nitrogen and oxygen atoms in total. The average molecular weight is 275 g/mol. The van der Waals surface area contributed by atoms with Crippen molar-refractivity contribution in [2.45, 2.75) is 33.2 Å². The number of unbranched alkanes of at least 4 members (excludes halogenated alkanes) is 1. The first-order valence-corrected chi connectivity index (χ1v) is 7.31. The van der Waals surface area contributed by atoms with Crippen molar-refractivity contribution in [3.8, 4) is 10.6 Å². The van der Waals surface area contributed by atoms with E-state index < -0.39 is 0 Å². The molecule has 100 valence electrons. The van der Waals surface area contributed by atoms with E-state index in [2.05, 4.69) is 6.92 Å². The van der Waals surface area contributed by atoms with Gasteiger partial charge in [0.05, 0.1) is 16.1 Å². The molecule has 2 rings (SSSR count). The molecular formula is C15H17NO2S. The summed E-state index contributed by atoms with van der Waals surface area (Å²) in [5, 5.41) is 1.99. The van der Waals surface area contributed by atoms with E-state index in [-0.39, 0.29) is 16.9 Å². The van der Waals surface area contributed by atoms with E-state index in [9.17, 15) is 9.59 Å². The highest BCUT2D eigenvalue weighted by Crippen LogP contribution is 2.24. The van der Waals surface area contributed by atoms with E-state index in [4.69, 9.17) is 0 Å². The van der Waals surface area contributed by atoms with Gasteiger partial charge >= 0.3 is 0 Å². The second-order valence-corrected chi connectivity index (χ2v) is 5.42. The molecule has 0 unspecified atom stereocenters. The predicted octanol–water partition coefficient (Wildman–Crippen LogP) is 3.58. The molecule has 4 heteroatoms. The Morgan fingerprint density at radius 3 is 2.68 bits per heavy atom. The van der Waals surface area contributed by atoms with Crippen LogP contribution in [0, 0.1) is 0 Å². The Labute approximate surface area is 116 Å². The third kappa shape index (κ3) is 2.84. The van der Waals surface area contributed by atoms with Crippen LogP contribution in [0.15, 0.2) is 34.4 Å². The van der Waals surface area contributed by atoms with Crippen LogP contribution in [-0.2, 0) is 6.54 Å². The number of hydrogen-bond acceptors (Lipinski definition) is 3. The molecule has 0 aliphatic carbocycles. The molecule has 0 atom stereocenters. The maximum atomic E-state index is 12.4. The van der Waals surface area contributed by atoms with Crippen LogP contribution in [-0.4, -0.2) is 10.4 Å². The Kier molecular flexibility index (Phi) is 4.32. The van der Waals surface area contributed by atoms with Crippen molar-refractivity contribution in [1.82, 2.24) is 4.57 Å². The van der Waals surface area contributed by atoms with Gasteiger partial charge in [0, 0.05) is 6.54 Å². The van der Waals surface area contributed by atoms with E-state index in [1.54, 1.807) is 22.0 Å². The molecule has 2 aromatic rings. The summed E-state index contributed by atoms with van der Waals surface area (Å²) in [6.45, 7) is 4.18. The summed E-state index contributed by atoms with van der Waals surface area (Å²) >= 11 is 1.60. The highest BCUT2D eigenvalue weighted by atomic mass is 32.1. The summed E-state index contributed by atoms with van der Waals surface area (Å²) in [4.78, 5) is 24.9. The van der Waals surface area contributed by atoms with Crippen molar-refractivity contribution in [3.05, 3.63) is 45.6 Å². The molecule has 0 bridgehead atoms. The molecule has 0 fully saturated rings. The first-order valence-electron chi connectivity index (χ1n) is 6.43. The first kappa shape index (κ1) is 13.7. The molecule has 0 aromatic carbocycles. The van der Waals surface area contributed by atoms with Gasteiger partial charge in [0.15, 0.2) is 5.78 Å². The Bertz CT molecular complexity index is 626. The lowest BCUT2D eigenvalue weighted by molar-refractivity contribution is 0.101. The van der Waals surface area contributed by atoms with Crippen molar-refractivity contribution in [2.24, 2.45) is 0 Å². The van der Waals surface area contributed by atoms with Crippen LogP contribution in [0.3, 0.4) is 0 Å². The van der Waals surface area contributed by atoms with E-state index in [0.717, 1.165) is 23.4 Å². The molecule has 0 aliphatic rings. The van der Waals surface area contributed by atoms with Crippen molar-refractivity contribution in [3.63, 3.8) is 0 Å². The topological polar surface area (TPSA) is 39.1 Å². The molecule has 0 aliphatic heterocycles. The number of Topliss-reactive ketones (excluding diaryl/α,β-unsaturated/α-hetero) is 1. The van der Waals surface area contributed by atoms with E-state index in [0.29, 0.717) is 6.54 Å². The number of aromatic nitrogens is 1. The number of nitrogens with zero attached hydrogens (tertiary/aromatic N) is 1. The van der Waals surface area contributed by atoms with Crippen molar-refractivity contribution < 1.29 is 4.79 Å². The summed E-state index contributed by atoms with van der Waals surface area (Å²) in [5.74, 6) is -0.173. The minimum atomic E-state index is -0.174. The number of carbonyl (C=O) groups excluding carboxylic acids is 1. The standard InChI is InChI=1S/C15H17NO2S/c1-3-4-9-16-13(14-6-5-10-19-14)8-7-12(11(2)17)15(16)18/h5-8,10H,3-4,9H2,1-2H3. The fourth-order valence-electron chi connectivity index (χ4n) is 2.02. The molecule has 2 heterocycles. The lowest BCUT2D eigenvalue weighted by Gasteiger charge is -2.12. The highest BCUT2D eigenvalue weighted by Gasteiger charge is 2.13. The van der Waals surface area contributed by atoms with Crippen LogP contribution in [0.25, 0.3) is 10.6 Å². The number of rotatable bonds is 5. The maximum absolute atomic E-state index is 12.4. The SMILES string of the molecule is CCCCn1c(-c2cccs2)ccc(C(C)=O)c1=O. The summed E-state index contributed by atoms with van der Waals surface area (Å²) in [5.41, 5.74) is 1.00. The molecule has 0 amide bonds. The summed E-state index contributed by atoms with van der Waals surface area (Å²) < 4.78 is 1.73. The van der Waals surface area contributed by atoms with Gasteiger partial charge in [-0.25, -0.2) is 0 Å². The Balaban J connectivity index is 2.58. The third-order valence-electron chi connectivity index (χ3n) is 3.06. The number of hydrogen-bond donors (Lipinski definition) is 0. The molecule has 19 heavy (non-hydrogen) atoms. The third-order valence-corrected chi connectivity index (χ3v) is 3.95. The van der Waals surface area contributed by atoms with Crippen LogP contribution >= 0.6 is 11.3 Å². The van der Waals surface area contributed by atoms with Crippen molar-refractivity contribution >= 4 is 17.1 Å². The van der Waals surface area contributed by atoms with E-state index in [1.807, 2.05) is 23.6 Å².